The van der Waals surface area contributed by atoms with Crippen molar-refractivity contribution in [3.05, 3.63) is 35.5 Å². The SMILES string of the molecule is COC(=O)[C@]12CCCCC=C1N(Cc1ccc3c(c1)OCO3)C(=O)[C@H](CC(=O)N1CCCCC1)C2. The number of carbonyl (C=O) groups excluding carboxylic acids is 3. The average molecular weight is 483 g/mol. The van der Waals surface area contributed by atoms with E-state index in [9.17, 15) is 14.4 Å². The number of hydrogen-bond acceptors (Lipinski definition) is 6. The number of likely N-dealkylation sites (tertiary alicyclic amines) is 2. The molecule has 2 saturated heterocycles. The maximum absolute atomic E-state index is 13.9. The molecule has 0 radical (unpaired) electrons. The molecule has 0 unspecified atom stereocenters. The lowest BCUT2D eigenvalue weighted by atomic mass is 9.69. The lowest BCUT2D eigenvalue weighted by Crippen LogP contribution is -2.53. The van der Waals surface area contributed by atoms with Crippen LogP contribution in [0.25, 0.3) is 0 Å². The zero-order chi connectivity index (χ0) is 24.4. The van der Waals surface area contributed by atoms with E-state index in [1.807, 2.05) is 29.2 Å². The summed E-state index contributed by atoms with van der Waals surface area (Å²) >= 11 is 0. The van der Waals surface area contributed by atoms with Gasteiger partial charge in [-0.15, -0.1) is 0 Å². The zero-order valence-electron chi connectivity index (χ0n) is 20.4. The van der Waals surface area contributed by atoms with E-state index >= 15 is 0 Å². The Morgan fingerprint density at radius 2 is 1.89 bits per heavy atom. The van der Waals surface area contributed by atoms with Crippen molar-refractivity contribution in [1.82, 2.24) is 9.80 Å². The van der Waals surface area contributed by atoms with Crippen LogP contribution in [0.4, 0.5) is 0 Å². The van der Waals surface area contributed by atoms with Gasteiger partial charge in [0.05, 0.1) is 13.7 Å². The van der Waals surface area contributed by atoms with Crippen molar-refractivity contribution in [1.29, 1.82) is 0 Å². The number of piperidine rings is 2. The Hall–Kier alpha value is -3.03. The third-order valence-corrected chi connectivity index (χ3v) is 7.87. The molecule has 2 fully saturated rings. The molecule has 8 nitrogen and oxygen atoms in total. The zero-order valence-corrected chi connectivity index (χ0v) is 20.4. The lowest BCUT2D eigenvalue weighted by Gasteiger charge is -2.46. The van der Waals surface area contributed by atoms with Crippen LogP contribution in [0.1, 0.15) is 63.4 Å². The fraction of sp³-hybridized carbons (Fsp3) is 0.593. The Morgan fingerprint density at radius 1 is 1.09 bits per heavy atom. The van der Waals surface area contributed by atoms with Crippen molar-refractivity contribution in [3.63, 3.8) is 0 Å². The van der Waals surface area contributed by atoms with Crippen LogP contribution in [0, 0.1) is 11.3 Å². The fourth-order valence-corrected chi connectivity index (χ4v) is 6.07. The highest BCUT2D eigenvalue weighted by Crippen LogP contribution is 2.50. The second kappa shape index (κ2) is 9.91. The molecule has 0 bridgehead atoms. The number of methoxy groups -OCH3 is 1. The van der Waals surface area contributed by atoms with Gasteiger partial charge in [0.1, 0.15) is 5.41 Å². The number of esters is 1. The highest BCUT2D eigenvalue weighted by Gasteiger charge is 2.54. The summed E-state index contributed by atoms with van der Waals surface area (Å²) in [5.41, 5.74) is 0.697. The van der Waals surface area contributed by atoms with Crippen LogP contribution < -0.4 is 9.47 Å². The molecule has 0 N–H and O–H groups in total. The van der Waals surface area contributed by atoms with Crippen molar-refractivity contribution >= 4 is 17.8 Å². The number of benzene rings is 1. The fourth-order valence-electron chi connectivity index (χ4n) is 6.07. The minimum Gasteiger partial charge on any atom is -0.468 e. The molecule has 0 spiro atoms. The number of nitrogens with zero attached hydrogens (tertiary/aromatic N) is 2. The number of carbonyl (C=O) groups is 3. The van der Waals surface area contributed by atoms with Crippen molar-refractivity contribution in [3.8, 4) is 11.5 Å². The van der Waals surface area contributed by atoms with Gasteiger partial charge in [-0.2, -0.15) is 0 Å². The van der Waals surface area contributed by atoms with Crippen molar-refractivity contribution < 1.29 is 28.6 Å². The number of ether oxygens (including phenoxy) is 3. The van der Waals surface area contributed by atoms with E-state index < -0.39 is 11.3 Å². The van der Waals surface area contributed by atoms with Crippen LogP contribution in [0.2, 0.25) is 0 Å². The standard InChI is InChI=1S/C27H34N2O6/c1-33-26(32)27-11-5-2-4-8-23(27)29(17-19-9-10-21-22(14-19)35-18-34-21)25(31)20(16-27)15-24(30)28-12-6-3-7-13-28/h8-10,14,20H,2-7,11-13,15-18H2,1H3/t20-,27+/m1/s1. The Labute approximate surface area is 206 Å². The first-order valence-electron chi connectivity index (χ1n) is 12.8. The molecule has 8 heteroatoms. The first kappa shape index (κ1) is 23.7. The van der Waals surface area contributed by atoms with Crippen LogP contribution in [0.15, 0.2) is 30.0 Å². The summed E-state index contributed by atoms with van der Waals surface area (Å²) in [5.74, 6) is 0.365. The molecule has 1 aromatic carbocycles. The van der Waals surface area contributed by atoms with Gasteiger partial charge in [0.25, 0.3) is 0 Å². The average Bonchev–Trinajstić information content (AvgIpc) is 3.24. The topological polar surface area (TPSA) is 85.4 Å². The number of fused-ring (bicyclic) bond motifs is 2. The van der Waals surface area contributed by atoms with Crippen molar-refractivity contribution in [2.24, 2.45) is 11.3 Å². The van der Waals surface area contributed by atoms with Crippen LogP contribution in [0.5, 0.6) is 11.5 Å². The van der Waals surface area contributed by atoms with E-state index in [1.54, 1.807) is 4.90 Å². The number of amides is 2. The van der Waals surface area contributed by atoms with E-state index in [0.29, 0.717) is 30.9 Å². The summed E-state index contributed by atoms with van der Waals surface area (Å²) in [6.45, 7) is 1.97. The van der Waals surface area contributed by atoms with Crippen molar-refractivity contribution in [2.45, 2.75) is 64.3 Å². The van der Waals surface area contributed by atoms with Gasteiger partial charge in [-0.25, -0.2) is 0 Å². The van der Waals surface area contributed by atoms with Gasteiger partial charge in [0.2, 0.25) is 18.6 Å². The maximum Gasteiger partial charge on any atom is 0.317 e. The van der Waals surface area contributed by atoms with Crippen LogP contribution in [0.3, 0.4) is 0 Å². The molecular formula is C27H34N2O6. The first-order valence-corrected chi connectivity index (χ1v) is 12.8. The summed E-state index contributed by atoms with van der Waals surface area (Å²) in [6, 6.07) is 5.65. The van der Waals surface area contributed by atoms with Gasteiger partial charge in [-0.05, 0) is 62.6 Å². The third-order valence-electron chi connectivity index (χ3n) is 7.87. The Kier molecular flexibility index (Phi) is 6.71. The van der Waals surface area contributed by atoms with Gasteiger partial charge in [-0.3, -0.25) is 14.4 Å². The summed E-state index contributed by atoms with van der Waals surface area (Å²) in [4.78, 5) is 44.0. The molecule has 0 aromatic heterocycles. The largest absolute Gasteiger partial charge is 0.468 e. The summed E-state index contributed by atoms with van der Waals surface area (Å²) in [5, 5.41) is 0. The second-order valence-electron chi connectivity index (χ2n) is 10.1. The molecular weight excluding hydrogens is 448 g/mol. The predicted molar refractivity (Wildman–Crippen MR) is 127 cm³/mol. The highest BCUT2D eigenvalue weighted by molar-refractivity contribution is 5.92. The van der Waals surface area contributed by atoms with E-state index in [1.165, 1.54) is 7.11 Å². The van der Waals surface area contributed by atoms with E-state index in [-0.39, 0.29) is 31.0 Å². The number of allylic oxidation sites excluding steroid dienone is 1. The molecule has 2 atom stereocenters. The molecule has 0 saturated carbocycles. The summed E-state index contributed by atoms with van der Waals surface area (Å²) < 4.78 is 16.3. The molecule has 4 aliphatic rings. The molecule has 35 heavy (non-hydrogen) atoms. The molecule has 2 amide bonds. The second-order valence-corrected chi connectivity index (χ2v) is 10.1. The minimum absolute atomic E-state index is 0.00662. The highest BCUT2D eigenvalue weighted by atomic mass is 16.7. The molecule has 1 aliphatic carbocycles. The molecule has 3 aliphatic heterocycles. The minimum atomic E-state index is -0.914. The number of rotatable bonds is 5. The van der Waals surface area contributed by atoms with E-state index in [0.717, 1.165) is 62.9 Å². The quantitative estimate of drug-likeness (QED) is 0.594. The smallest absolute Gasteiger partial charge is 0.317 e. The van der Waals surface area contributed by atoms with Gasteiger partial charge in [-0.1, -0.05) is 18.6 Å². The monoisotopic (exact) mass is 482 g/mol. The summed E-state index contributed by atoms with van der Waals surface area (Å²) in [7, 11) is 1.41. The van der Waals surface area contributed by atoms with E-state index in [2.05, 4.69) is 0 Å². The Bertz CT molecular complexity index is 1030. The third kappa shape index (κ3) is 4.50. The normalized spacial score (nSPS) is 26.0. The van der Waals surface area contributed by atoms with Gasteiger partial charge in [0.15, 0.2) is 11.5 Å². The Balaban J connectivity index is 1.48. The summed E-state index contributed by atoms with van der Waals surface area (Å²) in [6.07, 6.45) is 8.86. The van der Waals surface area contributed by atoms with Crippen LogP contribution in [-0.4, -0.2) is 54.6 Å². The Morgan fingerprint density at radius 3 is 2.69 bits per heavy atom. The van der Waals surface area contributed by atoms with Crippen LogP contribution in [-0.2, 0) is 25.7 Å². The first-order chi connectivity index (χ1) is 17.0. The molecule has 3 heterocycles. The number of hydrogen-bond donors (Lipinski definition) is 0. The predicted octanol–water partition coefficient (Wildman–Crippen LogP) is 3.78. The van der Waals surface area contributed by atoms with Gasteiger partial charge < -0.3 is 24.0 Å². The van der Waals surface area contributed by atoms with Crippen molar-refractivity contribution in [2.75, 3.05) is 27.0 Å². The molecule has 1 aromatic rings. The molecule has 188 valence electrons. The van der Waals surface area contributed by atoms with Gasteiger partial charge >= 0.3 is 5.97 Å². The maximum atomic E-state index is 13.9. The van der Waals surface area contributed by atoms with Gasteiger partial charge in [0, 0.05) is 31.1 Å². The lowest BCUT2D eigenvalue weighted by molar-refractivity contribution is -0.160. The molecule has 5 rings (SSSR count). The van der Waals surface area contributed by atoms with Crippen LogP contribution >= 0.6 is 0 Å². The van der Waals surface area contributed by atoms with E-state index in [4.69, 9.17) is 14.2 Å².